The van der Waals surface area contributed by atoms with E-state index in [1.165, 1.54) is 19.1 Å². The van der Waals surface area contributed by atoms with Crippen LogP contribution in [0, 0.1) is 6.92 Å². The molecule has 1 aromatic rings. The minimum absolute atomic E-state index is 0.0803. The molecule has 0 atom stereocenters. The first-order chi connectivity index (χ1) is 7.11. The molecular weight excluding hydrogens is 269 g/mol. The van der Waals surface area contributed by atoms with Crippen LogP contribution in [0.1, 0.15) is 5.56 Å². The van der Waals surface area contributed by atoms with Crippen molar-refractivity contribution in [2.24, 2.45) is 0 Å². The molecule has 0 bridgehead atoms. The second-order valence-electron chi connectivity index (χ2n) is 2.89. The maximum Gasteiger partial charge on any atom is 0.573 e. The second-order valence-corrected chi connectivity index (χ2v) is 5.39. The van der Waals surface area contributed by atoms with E-state index in [9.17, 15) is 21.6 Å². The SMILES string of the molecule is Cc1cccc(OC(F)(F)F)c1S(=O)(=O)Cl. The summed E-state index contributed by atoms with van der Waals surface area (Å²) >= 11 is 0. The minimum atomic E-state index is -4.97. The number of hydrogen-bond donors (Lipinski definition) is 0. The van der Waals surface area contributed by atoms with Gasteiger partial charge in [-0.3, -0.25) is 0 Å². The monoisotopic (exact) mass is 274 g/mol. The molecule has 1 aromatic carbocycles. The van der Waals surface area contributed by atoms with E-state index in [-0.39, 0.29) is 5.56 Å². The maximum atomic E-state index is 12.0. The van der Waals surface area contributed by atoms with Gasteiger partial charge in [0, 0.05) is 10.7 Å². The lowest BCUT2D eigenvalue weighted by Crippen LogP contribution is -2.18. The lowest BCUT2D eigenvalue weighted by atomic mass is 10.2. The van der Waals surface area contributed by atoms with Crippen LogP contribution in [0.25, 0.3) is 0 Å². The van der Waals surface area contributed by atoms with Crippen LogP contribution >= 0.6 is 10.7 Å². The fourth-order valence-corrected chi connectivity index (χ4v) is 2.54. The zero-order valence-corrected chi connectivity index (χ0v) is 9.45. The molecule has 3 nitrogen and oxygen atoms in total. The highest BCUT2D eigenvalue weighted by atomic mass is 35.7. The summed E-state index contributed by atoms with van der Waals surface area (Å²) in [6.07, 6.45) is -4.97. The molecule has 0 N–H and O–H groups in total. The van der Waals surface area contributed by atoms with Crippen LogP contribution < -0.4 is 4.74 Å². The Morgan fingerprint density at radius 1 is 1.31 bits per heavy atom. The number of alkyl halides is 3. The topological polar surface area (TPSA) is 43.4 Å². The molecule has 0 spiro atoms. The van der Waals surface area contributed by atoms with Gasteiger partial charge in [-0.2, -0.15) is 0 Å². The molecule has 16 heavy (non-hydrogen) atoms. The molecule has 0 saturated carbocycles. The number of halogens is 4. The third-order valence-corrected chi connectivity index (χ3v) is 3.12. The van der Waals surface area contributed by atoms with Crippen LogP contribution in [0.15, 0.2) is 23.1 Å². The lowest BCUT2D eigenvalue weighted by molar-refractivity contribution is -0.275. The van der Waals surface area contributed by atoms with Gasteiger partial charge in [0.2, 0.25) is 0 Å². The zero-order chi connectivity index (χ0) is 12.6. The standard InChI is InChI=1S/C8H6ClF3O3S/c1-5-3-2-4-6(15-8(10,11)12)7(5)16(9,13)14/h2-4H,1H3. The van der Waals surface area contributed by atoms with E-state index >= 15 is 0 Å². The first-order valence-corrected chi connectivity index (χ1v) is 6.22. The number of ether oxygens (including phenoxy) is 1. The molecule has 0 saturated heterocycles. The van der Waals surface area contributed by atoms with E-state index in [4.69, 9.17) is 10.7 Å². The van der Waals surface area contributed by atoms with Gasteiger partial charge in [0.1, 0.15) is 10.6 Å². The summed E-state index contributed by atoms with van der Waals surface area (Å²) < 4.78 is 61.7. The average molecular weight is 275 g/mol. The number of hydrogen-bond acceptors (Lipinski definition) is 3. The number of aryl methyl sites for hydroxylation is 1. The Hall–Kier alpha value is -0.950. The van der Waals surface area contributed by atoms with E-state index in [0.717, 1.165) is 6.07 Å². The Kier molecular flexibility index (Phi) is 3.39. The van der Waals surface area contributed by atoms with Crippen molar-refractivity contribution in [2.75, 3.05) is 0 Å². The van der Waals surface area contributed by atoms with Gasteiger partial charge in [-0.15, -0.1) is 13.2 Å². The first-order valence-electron chi connectivity index (χ1n) is 3.91. The third kappa shape index (κ3) is 3.28. The zero-order valence-electron chi connectivity index (χ0n) is 7.88. The van der Waals surface area contributed by atoms with E-state index in [1.54, 1.807) is 0 Å². The van der Waals surface area contributed by atoms with Crippen LogP contribution in [0.3, 0.4) is 0 Å². The van der Waals surface area contributed by atoms with Gasteiger partial charge in [-0.1, -0.05) is 12.1 Å². The van der Waals surface area contributed by atoms with Gasteiger partial charge in [0.15, 0.2) is 0 Å². The van der Waals surface area contributed by atoms with Crippen molar-refractivity contribution >= 4 is 19.7 Å². The number of benzene rings is 1. The Balaban J connectivity index is 3.36. The van der Waals surface area contributed by atoms with Gasteiger partial charge < -0.3 is 4.74 Å². The molecular formula is C8H6ClF3O3S. The lowest BCUT2D eigenvalue weighted by Gasteiger charge is -2.12. The highest BCUT2D eigenvalue weighted by Gasteiger charge is 2.34. The van der Waals surface area contributed by atoms with Crippen molar-refractivity contribution in [1.29, 1.82) is 0 Å². The van der Waals surface area contributed by atoms with Crippen molar-refractivity contribution in [3.63, 3.8) is 0 Å². The van der Waals surface area contributed by atoms with E-state index in [1.807, 2.05) is 0 Å². The van der Waals surface area contributed by atoms with E-state index in [0.29, 0.717) is 0 Å². The van der Waals surface area contributed by atoms with Crippen LogP contribution in [0.4, 0.5) is 13.2 Å². The van der Waals surface area contributed by atoms with Crippen molar-refractivity contribution in [3.05, 3.63) is 23.8 Å². The van der Waals surface area contributed by atoms with Gasteiger partial charge >= 0.3 is 6.36 Å². The summed E-state index contributed by atoms with van der Waals surface area (Å²) in [6.45, 7) is 1.32. The predicted molar refractivity (Wildman–Crippen MR) is 50.9 cm³/mol. The average Bonchev–Trinajstić information content (AvgIpc) is 1.97. The van der Waals surface area contributed by atoms with Gasteiger partial charge in [0.25, 0.3) is 9.05 Å². The summed E-state index contributed by atoms with van der Waals surface area (Å²) in [5, 5.41) is 0. The first kappa shape index (κ1) is 13.1. The summed E-state index contributed by atoms with van der Waals surface area (Å²) in [4.78, 5) is -0.672. The normalized spacial score (nSPS) is 12.6. The van der Waals surface area contributed by atoms with Crippen LogP contribution in [0.5, 0.6) is 5.75 Å². The van der Waals surface area contributed by atoms with Crippen molar-refractivity contribution in [3.8, 4) is 5.75 Å². The summed E-state index contributed by atoms with van der Waals surface area (Å²) in [6, 6.07) is 3.44. The van der Waals surface area contributed by atoms with Gasteiger partial charge in [-0.05, 0) is 18.6 Å². The van der Waals surface area contributed by atoms with Crippen molar-refractivity contribution in [1.82, 2.24) is 0 Å². The van der Waals surface area contributed by atoms with Crippen molar-refractivity contribution in [2.45, 2.75) is 18.2 Å². The van der Waals surface area contributed by atoms with Crippen molar-refractivity contribution < 1.29 is 26.3 Å². The molecule has 0 radical (unpaired) electrons. The Morgan fingerprint density at radius 3 is 2.31 bits per heavy atom. The molecule has 8 heteroatoms. The molecule has 90 valence electrons. The summed E-state index contributed by atoms with van der Waals surface area (Å²) in [5.41, 5.74) is 0.0803. The molecule has 0 unspecified atom stereocenters. The fraction of sp³-hybridized carbons (Fsp3) is 0.250. The quantitative estimate of drug-likeness (QED) is 0.779. The predicted octanol–water partition coefficient (Wildman–Crippen LogP) is 2.82. The summed E-state index contributed by atoms with van der Waals surface area (Å²) in [5.74, 6) is -0.831. The highest BCUT2D eigenvalue weighted by Crippen LogP contribution is 2.33. The molecule has 0 aliphatic heterocycles. The van der Waals surface area contributed by atoms with Crippen LogP contribution in [-0.4, -0.2) is 14.8 Å². The summed E-state index contributed by atoms with van der Waals surface area (Å²) in [7, 11) is 0.733. The molecule has 0 heterocycles. The van der Waals surface area contributed by atoms with Crippen LogP contribution in [0.2, 0.25) is 0 Å². The van der Waals surface area contributed by atoms with Gasteiger partial charge in [0.05, 0.1) is 0 Å². The van der Waals surface area contributed by atoms with E-state index in [2.05, 4.69) is 4.74 Å². The van der Waals surface area contributed by atoms with Gasteiger partial charge in [-0.25, -0.2) is 8.42 Å². The fourth-order valence-electron chi connectivity index (χ4n) is 1.14. The Labute approximate surface area is 94.2 Å². The Bertz CT molecular complexity index is 496. The second kappa shape index (κ2) is 4.14. The van der Waals surface area contributed by atoms with E-state index < -0.39 is 26.1 Å². The smallest absolute Gasteiger partial charge is 0.404 e. The molecule has 0 aliphatic carbocycles. The maximum absolute atomic E-state index is 12.0. The third-order valence-electron chi connectivity index (χ3n) is 1.65. The highest BCUT2D eigenvalue weighted by molar-refractivity contribution is 8.13. The minimum Gasteiger partial charge on any atom is -0.404 e. The van der Waals surface area contributed by atoms with Crippen LogP contribution in [-0.2, 0) is 9.05 Å². The molecule has 0 aliphatic rings. The molecule has 0 fully saturated rings. The molecule has 0 aromatic heterocycles. The molecule has 1 rings (SSSR count). The molecule has 0 amide bonds. The Morgan fingerprint density at radius 2 is 1.88 bits per heavy atom. The number of rotatable bonds is 2. The largest absolute Gasteiger partial charge is 0.573 e.